The average Bonchev–Trinajstić information content (AvgIpc) is 2.86. The Kier molecular flexibility index (Phi) is 10.5. The molecule has 17 nitrogen and oxygen atoms in total. The van der Waals surface area contributed by atoms with Crippen LogP contribution in [0.5, 0.6) is 0 Å². The van der Waals surface area contributed by atoms with Crippen molar-refractivity contribution in [3.63, 3.8) is 0 Å². The van der Waals surface area contributed by atoms with Crippen LogP contribution in [0.2, 0.25) is 0 Å². The zero-order valence-electron chi connectivity index (χ0n) is 19.7. The number of aliphatic hydroxyl groups excluding tert-OH is 10. The van der Waals surface area contributed by atoms with Gasteiger partial charge in [0.1, 0.15) is 73.2 Å². The molecule has 3 rings (SSSR count). The van der Waals surface area contributed by atoms with Crippen LogP contribution in [0.3, 0.4) is 0 Å². The summed E-state index contributed by atoms with van der Waals surface area (Å²) in [6.07, 6.45) is -23.5. The Morgan fingerprint density at radius 2 is 1.11 bits per heavy atom. The van der Waals surface area contributed by atoms with Crippen LogP contribution in [0, 0.1) is 0 Å². The summed E-state index contributed by atoms with van der Waals surface area (Å²) in [6.45, 7) is -1.23. The second kappa shape index (κ2) is 12.8. The zero-order valence-corrected chi connectivity index (χ0v) is 19.7. The maximum Gasteiger partial charge on any atom is 0.217 e. The lowest BCUT2D eigenvalue weighted by atomic mass is 9.95. The van der Waals surface area contributed by atoms with E-state index in [1.165, 1.54) is 0 Å². The Hall–Kier alpha value is -1.13. The average molecular weight is 545 g/mol. The molecule has 216 valence electrons. The number of carbonyl (C=O) groups is 1. The van der Waals surface area contributed by atoms with Gasteiger partial charge in [-0.15, -0.1) is 0 Å². The molecule has 0 saturated carbocycles. The van der Waals surface area contributed by atoms with Crippen molar-refractivity contribution in [2.45, 2.75) is 99.0 Å². The zero-order chi connectivity index (χ0) is 27.6. The number of hydrogen-bond donors (Lipinski definition) is 11. The molecular weight excluding hydrogens is 510 g/mol. The van der Waals surface area contributed by atoms with Gasteiger partial charge in [0.05, 0.1) is 19.8 Å². The molecule has 0 aromatic heterocycles. The second-order valence-corrected chi connectivity index (χ2v) is 9.07. The molecule has 3 fully saturated rings. The first-order valence-electron chi connectivity index (χ1n) is 11.6. The van der Waals surface area contributed by atoms with Crippen molar-refractivity contribution in [1.29, 1.82) is 0 Å². The lowest BCUT2D eigenvalue weighted by Gasteiger charge is -2.48. The summed E-state index contributed by atoms with van der Waals surface area (Å²) >= 11 is 0. The Labute approximate surface area is 210 Å². The molecule has 0 aromatic carbocycles. The summed E-state index contributed by atoms with van der Waals surface area (Å²) in [4.78, 5) is 11.7. The molecular formula is C20H35NO16. The quantitative estimate of drug-likeness (QED) is 0.135. The topological polar surface area (TPSA) is 278 Å². The van der Waals surface area contributed by atoms with Gasteiger partial charge in [-0.25, -0.2) is 0 Å². The van der Waals surface area contributed by atoms with Gasteiger partial charge in [0.2, 0.25) is 5.91 Å². The van der Waals surface area contributed by atoms with Gasteiger partial charge >= 0.3 is 0 Å². The smallest absolute Gasteiger partial charge is 0.217 e. The molecule has 1 amide bonds. The third-order valence-electron chi connectivity index (χ3n) is 6.50. The second-order valence-electron chi connectivity index (χ2n) is 9.07. The van der Waals surface area contributed by atoms with Gasteiger partial charge in [-0.05, 0) is 0 Å². The molecule has 3 saturated heterocycles. The standard InChI is InChI=1S/C20H35NO16/c1-5(25)21-9-13(29)10(26)6(2-22)34-19(9)36-17-12(28)8(4-24)35-20(15(17)31)37-16-11(27)7(3-23)33-18(32)14(16)30/h6-20,22-24,26-32H,2-4H2,1H3,(H,21,25). The minimum Gasteiger partial charge on any atom is -0.394 e. The van der Waals surface area contributed by atoms with E-state index in [0.29, 0.717) is 0 Å². The van der Waals surface area contributed by atoms with E-state index in [4.69, 9.17) is 23.7 Å². The molecule has 0 aliphatic carbocycles. The molecule has 17 heteroatoms. The van der Waals surface area contributed by atoms with E-state index < -0.39 is 118 Å². The van der Waals surface area contributed by atoms with Crippen LogP contribution in [-0.4, -0.2) is 169 Å². The summed E-state index contributed by atoms with van der Waals surface area (Å²) < 4.78 is 26.8. The number of rotatable bonds is 8. The first-order chi connectivity index (χ1) is 17.4. The van der Waals surface area contributed by atoms with Crippen molar-refractivity contribution in [1.82, 2.24) is 5.32 Å². The number of nitrogens with one attached hydrogen (secondary N) is 1. The molecule has 15 unspecified atom stereocenters. The van der Waals surface area contributed by atoms with Gasteiger partial charge in [-0.1, -0.05) is 0 Å². The highest BCUT2D eigenvalue weighted by molar-refractivity contribution is 5.73. The van der Waals surface area contributed by atoms with Crippen LogP contribution < -0.4 is 5.32 Å². The third-order valence-corrected chi connectivity index (χ3v) is 6.50. The van der Waals surface area contributed by atoms with E-state index in [1.54, 1.807) is 0 Å². The van der Waals surface area contributed by atoms with Crippen LogP contribution in [0.4, 0.5) is 0 Å². The Balaban J connectivity index is 1.83. The predicted octanol–water partition coefficient (Wildman–Crippen LogP) is -7.43. The Morgan fingerprint density at radius 3 is 1.65 bits per heavy atom. The summed E-state index contributed by atoms with van der Waals surface area (Å²) in [5.74, 6) is -0.655. The molecule has 3 aliphatic rings. The molecule has 3 aliphatic heterocycles. The minimum atomic E-state index is -1.93. The van der Waals surface area contributed by atoms with Gasteiger partial charge in [0, 0.05) is 6.92 Å². The van der Waals surface area contributed by atoms with Crippen molar-refractivity contribution in [2.24, 2.45) is 0 Å². The summed E-state index contributed by atoms with van der Waals surface area (Å²) in [5, 5.41) is 104. The number of carbonyl (C=O) groups excluding carboxylic acids is 1. The van der Waals surface area contributed by atoms with Crippen molar-refractivity contribution < 1.29 is 79.5 Å². The van der Waals surface area contributed by atoms with Gasteiger partial charge < -0.3 is 80.1 Å². The maximum absolute atomic E-state index is 11.7. The van der Waals surface area contributed by atoms with Crippen LogP contribution in [-0.2, 0) is 28.5 Å². The number of aliphatic hydroxyl groups is 10. The van der Waals surface area contributed by atoms with Gasteiger partial charge in [0.25, 0.3) is 0 Å². The van der Waals surface area contributed by atoms with E-state index in [0.717, 1.165) is 6.92 Å². The maximum atomic E-state index is 11.7. The van der Waals surface area contributed by atoms with Crippen molar-refractivity contribution >= 4 is 5.91 Å². The van der Waals surface area contributed by atoms with Gasteiger partial charge in [-0.3, -0.25) is 4.79 Å². The highest BCUT2D eigenvalue weighted by atomic mass is 16.7. The molecule has 0 radical (unpaired) electrons. The fourth-order valence-corrected chi connectivity index (χ4v) is 4.45. The van der Waals surface area contributed by atoms with E-state index in [9.17, 15) is 55.9 Å². The normalized spacial score (nSPS) is 49.0. The molecule has 0 spiro atoms. The van der Waals surface area contributed by atoms with E-state index in [1.807, 2.05) is 0 Å². The predicted molar refractivity (Wildman–Crippen MR) is 113 cm³/mol. The van der Waals surface area contributed by atoms with Crippen molar-refractivity contribution in [2.75, 3.05) is 19.8 Å². The summed E-state index contributed by atoms with van der Waals surface area (Å²) in [7, 11) is 0. The first-order valence-corrected chi connectivity index (χ1v) is 11.6. The van der Waals surface area contributed by atoms with Crippen molar-refractivity contribution in [3.05, 3.63) is 0 Å². The fourth-order valence-electron chi connectivity index (χ4n) is 4.45. The number of ether oxygens (including phenoxy) is 5. The molecule has 11 N–H and O–H groups in total. The van der Waals surface area contributed by atoms with Crippen molar-refractivity contribution in [3.8, 4) is 0 Å². The van der Waals surface area contributed by atoms with Gasteiger partial charge in [-0.2, -0.15) is 0 Å². The molecule has 37 heavy (non-hydrogen) atoms. The number of amides is 1. The molecule has 3 heterocycles. The largest absolute Gasteiger partial charge is 0.394 e. The SMILES string of the molecule is CC(=O)NC1C(OC2C(O)C(CO)OC(OC3C(O)C(O)OC(CO)C3O)C2O)OC(CO)C(O)C1O. The highest BCUT2D eigenvalue weighted by Gasteiger charge is 2.53. The summed E-state index contributed by atoms with van der Waals surface area (Å²) in [6, 6.07) is -1.43. The fraction of sp³-hybridized carbons (Fsp3) is 0.950. The lowest BCUT2D eigenvalue weighted by molar-refractivity contribution is -0.373. The molecule has 0 bridgehead atoms. The molecule has 0 aromatic rings. The number of hydrogen-bond acceptors (Lipinski definition) is 16. The van der Waals surface area contributed by atoms with Crippen LogP contribution >= 0.6 is 0 Å². The van der Waals surface area contributed by atoms with Gasteiger partial charge in [0.15, 0.2) is 18.9 Å². The van der Waals surface area contributed by atoms with Crippen LogP contribution in [0.15, 0.2) is 0 Å². The van der Waals surface area contributed by atoms with E-state index in [2.05, 4.69) is 5.32 Å². The highest BCUT2D eigenvalue weighted by Crippen LogP contribution is 2.32. The Bertz CT molecular complexity index is 747. The Morgan fingerprint density at radius 1 is 0.649 bits per heavy atom. The summed E-state index contributed by atoms with van der Waals surface area (Å²) in [5.41, 5.74) is 0. The van der Waals surface area contributed by atoms with E-state index in [-0.39, 0.29) is 0 Å². The molecule has 15 atom stereocenters. The van der Waals surface area contributed by atoms with E-state index >= 15 is 0 Å². The third kappa shape index (κ3) is 6.38. The monoisotopic (exact) mass is 545 g/mol. The lowest BCUT2D eigenvalue weighted by Crippen LogP contribution is -2.68. The first kappa shape index (κ1) is 30.4. The van der Waals surface area contributed by atoms with Crippen LogP contribution in [0.25, 0.3) is 0 Å². The van der Waals surface area contributed by atoms with Crippen LogP contribution in [0.1, 0.15) is 6.92 Å². The minimum absolute atomic E-state index is 0.655.